The number of benzene rings is 2. The van der Waals surface area contributed by atoms with Crippen LogP contribution in [0.1, 0.15) is 42.6 Å². The number of carbonyl (C=O) groups is 2. The first-order chi connectivity index (χ1) is 13.5. The van der Waals surface area contributed by atoms with Gasteiger partial charge in [-0.3, -0.25) is 4.79 Å². The van der Waals surface area contributed by atoms with Crippen LogP contribution in [0.4, 0.5) is 5.69 Å². The number of hydrogen-bond acceptors (Lipinski definition) is 4. The number of hydrazine groups is 1. The Hall–Kier alpha value is -3.35. The molecule has 3 rings (SSSR count). The molecule has 0 radical (unpaired) electrons. The molecule has 0 spiro atoms. The number of amides is 1. The highest BCUT2D eigenvalue weighted by Crippen LogP contribution is 2.30. The number of carboxylic acids is 1. The van der Waals surface area contributed by atoms with E-state index in [4.69, 9.17) is 14.6 Å². The average Bonchev–Trinajstić information content (AvgIpc) is 2.70. The van der Waals surface area contributed by atoms with E-state index < -0.39 is 5.97 Å². The van der Waals surface area contributed by atoms with Crippen LogP contribution < -0.4 is 14.9 Å². The van der Waals surface area contributed by atoms with Gasteiger partial charge in [0.2, 0.25) is 11.4 Å². The standard InChI is InChI=1S/C21H22N2O5/c1-3-27-18-11-7-15(13-19(18)28-4-2)17-10-12-20(24)22-23(17)16-8-5-14(6-9-16)21(25)26/h5-9,11,13H,3-4,10,12H2,1-2H3,(H-,22,24,25,26)/p+1. The zero-order chi connectivity index (χ0) is 20.1. The van der Waals surface area contributed by atoms with Crippen molar-refractivity contribution >= 4 is 23.3 Å². The quantitative estimate of drug-likeness (QED) is 0.717. The minimum Gasteiger partial charge on any atom is -0.490 e. The molecule has 0 saturated carbocycles. The fraction of sp³-hybridized carbons (Fsp3) is 0.286. The molecular formula is C21H23N2O5+. The molecule has 1 aliphatic heterocycles. The van der Waals surface area contributed by atoms with Crippen molar-refractivity contribution in [3.63, 3.8) is 0 Å². The number of aromatic carboxylic acids is 1. The monoisotopic (exact) mass is 383 g/mol. The van der Waals surface area contributed by atoms with Gasteiger partial charge in [-0.2, -0.15) is 0 Å². The number of nitrogens with zero attached hydrogens (tertiary/aromatic N) is 1. The molecule has 1 amide bonds. The molecule has 1 heterocycles. The highest BCUT2D eigenvalue weighted by atomic mass is 16.5. The second kappa shape index (κ2) is 8.56. The number of ether oxygens (including phenoxy) is 2. The molecule has 28 heavy (non-hydrogen) atoms. The van der Waals surface area contributed by atoms with E-state index in [1.54, 1.807) is 16.8 Å². The van der Waals surface area contributed by atoms with Crippen LogP contribution in [0.3, 0.4) is 0 Å². The van der Waals surface area contributed by atoms with Crippen LogP contribution in [0, 0.1) is 0 Å². The summed E-state index contributed by atoms with van der Waals surface area (Å²) in [6, 6.07) is 12.1. The maximum atomic E-state index is 12.0. The van der Waals surface area contributed by atoms with Gasteiger partial charge in [0.25, 0.3) is 5.91 Å². The minimum absolute atomic E-state index is 0.0953. The topological polar surface area (TPSA) is 87.9 Å². The second-order valence-corrected chi connectivity index (χ2v) is 6.20. The van der Waals surface area contributed by atoms with Crippen LogP contribution in [0.5, 0.6) is 11.5 Å². The lowest BCUT2D eigenvalue weighted by molar-refractivity contribution is -0.496. The van der Waals surface area contributed by atoms with Gasteiger partial charge in [-0.1, -0.05) is 4.68 Å². The molecule has 2 aromatic carbocycles. The van der Waals surface area contributed by atoms with Crippen molar-refractivity contribution in [3.8, 4) is 11.5 Å². The predicted molar refractivity (Wildman–Crippen MR) is 104 cm³/mol. The summed E-state index contributed by atoms with van der Waals surface area (Å²) in [5, 5.41) is 9.09. The van der Waals surface area contributed by atoms with Gasteiger partial charge in [-0.05, 0) is 44.2 Å². The fourth-order valence-electron chi connectivity index (χ4n) is 3.07. The Balaban J connectivity index is 2.07. The molecule has 146 valence electrons. The maximum absolute atomic E-state index is 12.0. The van der Waals surface area contributed by atoms with Crippen LogP contribution in [-0.4, -0.2) is 40.6 Å². The zero-order valence-corrected chi connectivity index (χ0v) is 15.9. The molecular weight excluding hydrogens is 360 g/mol. The lowest BCUT2D eigenvalue weighted by Gasteiger charge is -2.16. The minimum atomic E-state index is -0.994. The summed E-state index contributed by atoms with van der Waals surface area (Å²) in [6.45, 7) is 4.87. The van der Waals surface area contributed by atoms with Crippen LogP contribution in [0.15, 0.2) is 42.5 Å². The lowest BCUT2D eigenvalue weighted by Crippen LogP contribution is -2.40. The molecule has 0 aromatic heterocycles. The van der Waals surface area contributed by atoms with Crippen molar-refractivity contribution < 1.29 is 28.9 Å². The van der Waals surface area contributed by atoms with Crippen molar-refractivity contribution in [1.29, 1.82) is 0 Å². The van der Waals surface area contributed by atoms with Gasteiger partial charge in [0.1, 0.15) is 0 Å². The molecule has 0 fully saturated rings. The van der Waals surface area contributed by atoms with Crippen molar-refractivity contribution in [2.75, 3.05) is 13.2 Å². The van der Waals surface area contributed by atoms with Crippen LogP contribution >= 0.6 is 0 Å². The van der Waals surface area contributed by atoms with E-state index in [2.05, 4.69) is 5.43 Å². The normalized spacial score (nSPS) is 13.9. The van der Waals surface area contributed by atoms with E-state index >= 15 is 0 Å². The Labute approximate surface area is 163 Å². The Morgan fingerprint density at radius 3 is 2.36 bits per heavy atom. The number of carboxylic acid groups (broad SMARTS) is 1. The number of hydrogen-bond donors (Lipinski definition) is 2. The Morgan fingerprint density at radius 1 is 1.04 bits per heavy atom. The first-order valence-electron chi connectivity index (χ1n) is 9.22. The summed E-state index contributed by atoms with van der Waals surface area (Å²) in [5.74, 6) is 0.228. The van der Waals surface area contributed by atoms with Crippen LogP contribution in [0.25, 0.3) is 0 Å². The van der Waals surface area contributed by atoms with Crippen molar-refractivity contribution in [2.45, 2.75) is 26.7 Å². The zero-order valence-electron chi connectivity index (χ0n) is 15.9. The first kappa shape index (κ1) is 19.4. The van der Waals surface area contributed by atoms with Gasteiger partial charge >= 0.3 is 5.97 Å². The number of hydrazone groups is 1. The Bertz CT molecular complexity index is 919. The van der Waals surface area contributed by atoms with Gasteiger partial charge in [0.05, 0.1) is 18.8 Å². The SMILES string of the molecule is CCOc1ccc(C2=[N+](c3ccc(C(=O)O)cc3)NC(=O)CC2)cc1OCC. The van der Waals surface area contributed by atoms with E-state index in [1.807, 2.05) is 32.0 Å². The van der Waals surface area contributed by atoms with Crippen LogP contribution in [0.2, 0.25) is 0 Å². The summed E-state index contributed by atoms with van der Waals surface area (Å²) in [5.41, 5.74) is 5.52. The highest BCUT2D eigenvalue weighted by Gasteiger charge is 2.29. The summed E-state index contributed by atoms with van der Waals surface area (Å²) in [4.78, 5) is 23.1. The van der Waals surface area contributed by atoms with Crippen molar-refractivity contribution in [3.05, 3.63) is 53.6 Å². The predicted octanol–water partition coefficient (Wildman–Crippen LogP) is 3.14. The van der Waals surface area contributed by atoms with Crippen molar-refractivity contribution in [2.24, 2.45) is 0 Å². The molecule has 0 atom stereocenters. The second-order valence-electron chi connectivity index (χ2n) is 6.20. The largest absolute Gasteiger partial charge is 0.490 e. The molecule has 2 N–H and O–H groups in total. The van der Waals surface area contributed by atoms with E-state index in [0.717, 1.165) is 11.3 Å². The maximum Gasteiger partial charge on any atom is 0.335 e. The highest BCUT2D eigenvalue weighted by molar-refractivity contribution is 6.01. The van der Waals surface area contributed by atoms with E-state index in [9.17, 15) is 9.59 Å². The number of rotatable bonds is 7. The molecule has 0 unspecified atom stereocenters. The van der Waals surface area contributed by atoms with Gasteiger partial charge in [0.15, 0.2) is 11.5 Å². The van der Waals surface area contributed by atoms with E-state index in [1.165, 1.54) is 12.1 Å². The van der Waals surface area contributed by atoms with Crippen molar-refractivity contribution in [1.82, 2.24) is 5.43 Å². The van der Waals surface area contributed by atoms with Gasteiger partial charge in [0, 0.05) is 30.5 Å². The first-order valence-corrected chi connectivity index (χ1v) is 9.22. The number of nitrogens with one attached hydrogen (secondary N) is 1. The van der Waals surface area contributed by atoms with E-state index in [-0.39, 0.29) is 11.5 Å². The molecule has 7 nitrogen and oxygen atoms in total. The smallest absolute Gasteiger partial charge is 0.335 e. The van der Waals surface area contributed by atoms with Gasteiger partial charge in [-0.15, -0.1) is 5.43 Å². The third-order valence-electron chi connectivity index (χ3n) is 4.34. The third kappa shape index (κ3) is 4.14. The molecule has 2 aromatic rings. The Morgan fingerprint density at radius 2 is 1.71 bits per heavy atom. The summed E-state index contributed by atoms with van der Waals surface area (Å²) >= 11 is 0. The van der Waals surface area contributed by atoms with Crippen LogP contribution in [-0.2, 0) is 4.79 Å². The molecule has 0 saturated heterocycles. The summed E-state index contributed by atoms with van der Waals surface area (Å²) in [7, 11) is 0. The fourth-order valence-corrected chi connectivity index (χ4v) is 3.07. The Kier molecular flexibility index (Phi) is 5.93. The average molecular weight is 383 g/mol. The lowest BCUT2D eigenvalue weighted by atomic mass is 10.0. The van der Waals surface area contributed by atoms with Gasteiger partial charge < -0.3 is 14.6 Å². The molecule has 0 bridgehead atoms. The molecule has 0 aliphatic carbocycles. The molecule has 7 heteroatoms. The van der Waals surface area contributed by atoms with Gasteiger partial charge in [-0.25, -0.2) is 4.79 Å². The van der Waals surface area contributed by atoms with E-state index in [0.29, 0.717) is 43.2 Å². The summed E-state index contributed by atoms with van der Waals surface area (Å²) in [6.07, 6.45) is 0.919. The summed E-state index contributed by atoms with van der Waals surface area (Å²) < 4.78 is 13.0. The number of carbonyl (C=O) groups excluding carboxylic acids is 1. The third-order valence-corrected chi connectivity index (χ3v) is 4.34. The molecule has 1 aliphatic rings.